The van der Waals surface area contributed by atoms with Crippen LogP contribution >= 0.6 is 0 Å². The summed E-state index contributed by atoms with van der Waals surface area (Å²) in [5, 5.41) is 3.19. The van der Waals surface area contributed by atoms with Crippen LogP contribution in [0.3, 0.4) is 0 Å². The van der Waals surface area contributed by atoms with Crippen molar-refractivity contribution in [2.75, 3.05) is 24.5 Å². The van der Waals surface area contributed by atoms with E-state index in [-0.39, 0.29) is 30.3 Å². The molecule has 3 aliphatic heterocycles. The standard InChI is InChI=1S/C24H32N4O3/c1-24-12-11-22(30)28(24)20-8-4-3-7-19(20)23(31)27(24)16-21(29)25-17-9-10-18(15-17)26-13-5-2-6-14-26/h3-4,7-8,17-18H,2,5-6,9-16H2,1H3,(H,25,29)/t17-,18-,24+/m0/s1. The van der Waals surface area contributed by atoms with Gasteiger partial charge in [0.2, 0.25) is 11.8 Å². The number of piperidine rings is 1. The van der Waals surface area contributed by atoms with E-state index in [9.17, 15) is 14.4 Å². The summed E-state index contributed by atoms with van der Waals surface area (Å²) in [6.07, 6.45) is 7.92. The fourth-order valence-electron chi connectivity index (χ4n) is 6.06. The molecule has 7 nitrogen and oxygen atoms in total. The van der Waals surface area contributed by atoms with E-state index in [4.69, 9.17) is 0 Å². The van der Waals surface area contributed by atoms with Crippen molar-refractivity contribution in [3.05, 3.63) is 29.8 Å². The Kier molecular flexibility index (Phi) is 5.24. The van der Waals surface area contributed by atoms with Gasteiger partial charge in [-0.15, -0.1) is 0 Å². The van der Waals surface area contributed by atoms with Gasteiger partial charge in [-0.1, -0.05) is 18.6 Å². The average molecular weight is 425 g/mol. The largest absolute Gasteiger partial charge is 0.352 e. The monoisotopic (exact) mass is 424 g/mol. The maximum Gasteiger partial charge on any atom is 0.258 e. The number of fused-ring (bicyclic) bond motifs is 3. The molecule has 0 radical (unpaired) electrons. The second-order valence-corrected chi connectivity index (χ2v) is 9.68. The zero-order chi connectivity index (χ0) is 21.6. The van der Waals surface area contributed by atoms with Crippen molar-refractivity contribution in [3.8, 4) is 0 Å². The minimum absolute atomic E-state index is 0.00743. The van der Waals surface area contributed by atoms with E-state index in [0.717, 1.165) is 19.3 Å². The van der Waals surface area contributed by atoms with Crippen molar-refractivity contribution in [2.24, 2.45) is 0 Å². The summed E-state index contributed by atoms with van der Waals surface area (Å²) >= 11 is 0. The number of nitrogens with one attached hydrogen (secondary N) is 1. The predicted molar refractivity (Wildman–Crippen MR) is 118 cm³/mol. The van der Waals surface area contributed by atoms with E-state index in [2.05, 4.69) is 10.2 Å². The molecule has 1 aromatic carbocycles. The topological polar surface area (TPSA) is 73.0 Å². The minimum atomic E-state index is -0.786. The van der Waals surface area contributed by atoms with Crippen LogP contribution in [-0.4, -0.2) is 64.9 Å². The summed E-state index contributed by atoms with van der Waals surface area (Å²) in [5.41, 5.74) is 0.370. The molecule has 1 N–H and O–H groups in total. The molecule has 31 heavy (non-hydrogen) atoms. The third-order valence-corrected chi connectivity index (χ3v) is 7.72. The SMILES string of the molecule is C[C@]12CCC(=O)N1c1ccccc1C(=O)N2CC(=O)N[C@H]1CC[C@H](N2CCCCC2)C1. The van der Waals surface area contributed by atoms with E-state index in [1.165, 1.54) is 32.4 Å². The fourth-order valence-corrected chi connectivity index (χ4v) is 6.06. The third kappa shape index (κ3) is 3.53. The van der Waals surface area contributed by atoms with E-state index in [0.29, 0.717) is 30.1 Å². The van der Waals surface area contributed by atoms with Crippen LogP contribution in [0.4, 0.5) is 5.69 Å². The molecule has 2 saturated heterocycles. The second kappa shape index (κ2) is 7.93. The van der Waals surface area contributed by atoms with Crippen LogP contribution in [0.25, 0.3) is 0 Å². The molecule has 4 aliphatic rings. The molecule has 1 saturated carbocycles. The molecule has 5 rings (SSSR count). The average Bonchev–Trinajstić information content (AvgIpc) is 3.36. The number of para-hydroxylation sites is 1. The first-order valence-corrected chi connectivity index (χ1v) is 11.7. The lowest BCUT2D eigenvalue weighted by atomic mass is 9.98. The molecule has 166 valence electrons. The smallest absolute Gasteiger partial charge is 0.258 e. The number of likely N-dealkylation sites (tertiary alicyclic amines) is 1. The molecular weight excluding hydrogens is 392 g/mol. The summed E-state index contributed by atoms with van der Waals surface area (Å²) in [7, 11) is 0. The molecule has 0 unspecified atom stereocenters. The van der Waals surface area contributed by atoms with E-state index in [1.807, 2.05) is 19.1 Å². The van der Waals surface area contributed by atoms with Gasteiger partial charge in [0, 0.05) is 18.5 Å². The first-order valence-electron chi connectivity index (χ1n) is 11.7. The maximum atomic E-state index is 13.3. The van der Waals surface area contributed by atoms with Crippen molar-refractivity contribution in [3.63, 3.8) is 0 Å². The highest BCUT2D eigenvalue weighted by Gasteiger charge is 2.53. The Labute approximate surface area is 183 Å². The van der Waals surface area contributed by atoms with Crippen molar-refractivity contribution in [1.82, 2.24) is 15.1 Å². The number of rotatable bonds is 4. The van der Waals surface area contributed by atoms with E-state index < -0.39 is 5.66 Å². The normalized spacial score (nSPS) is 31.0. The summed E-state index contributed by atoms with van der Waals surface area (Å²) in [6.45, 7) is 4.24. The van der Waals surface area contributed by atoms with E-state index >= 15 is 0 Å². The van der Waals surface area contributed by atoms with Crippen LogP contribution in [0.5, 0.6) is 0 Å². The van der Waals surface area contributed by atoms with Crippen LogP contribution in [0.15, 0.2) is 24.3 Å². The van der Waals surface area contributed by atoms with Gasteiger partial charge in [0.15, 0.2) is 0 Å². The summed E-state index contributed by atoms with van der Waals surface area (Å²) in [6, 6.07) is 7.95. The molecule has 3 amide bonds. The van der Waals surface area contributed by atoms with Crippen LogP contribution in [-0.2, 0) is 9.59 Å². The highest BCUT2D eigenvalue weighted by Crippen LogP contribution is 2.43. The van der Waals surface area contributed by atoms with Gasteiger partial charge in [-0.3, -0.25) is 19.3 Å². The second-order valence-electron chi connectivity index (χ2n) is 9.68. The Balaban J connectivity index is 1.28. The van der Waals surface area contributed by atoms with Crippen LogP contribution in [0.1, 0.15) is 68.6 Å². The maximum absolute atomic E-state index is 13.3. The van der Waals surface area contributed by atoms with Gasteiger partial charge >= 0.3 is 0 Å². The zero-order valence-corrected chi connectivity index (χ0v) is 18.3. The van der Waals surface area contributed by atoms with Gasteiger partial charge in [-0.25, -0.2) is 0 Å². The Bertz CT molecular complexity index is 897. The van der Waals surface area contributed by atoms with Gasteiger partial charge in [-0.2, -0.15) is 0 Å². The lowest BCUT2D eigenvalue weighted by molar-refractivity contribution is -0.124. The molecule has 1 aromatic rings. The number of anilines is 1. The number of hydrogen-bond acceptors (Lipinski definition) is 4. The van der Waals surface area contributed by atoms with Crippen molar-refractivity contribution in [1.29, 1.82) is 0 Å². The number of hydrogen-bond donors (Lipinski definition) is 1. The number of carbonyl (C=O) groups excluding carboxylic acids is 3. The Morgan fingerprint density at radius 2 is 1.90 bits per heavy atom. The van der Waals surface area contributed by atoms with Crippen molar-refractivity contribution >= 4 is 23.4 Å². The van der Waals surface area contributed by atoms with Crippen molar-refractivity contribution in [2.45, 2.75) is 76.0 Å². The first kappa shape index (κ1) is 20.5. The van der Waals surface area contributed by atoms with Gasteiger partial charge in [0.1, 0.15) is 12.2 Å². The summed E-state index contributed by atoms with van der Waals surface area (Å²) in [4.78, 5) is 44.9. The zero-order valence-electron chi connectivity index (χ0n) is 18.3. The first-order chi connectivity index (χ1) is 15.0. The molecule has 0 spiro atoms. The van der Waals surface area contributed by atoms with Crippen molar-refractivity contribution < 1.29 is 14.4 Å². The Hall–Kier alpha value is -2.41. The predicted octanol–water partition coefficient (Wildman–Crippen LogP) is 2.51. The summed E-state index contributed by atoms with van der Waals surface area (Å²) < 4.78 is 0. The number of amides is 3. The van der Waals surface area contributed by atoms with Gasteiger partial charge < -0.3 is 15.1 Å². The summed E-state index contributed by atoms with van der Waals surface area (Å²) in [5.74, 6) is -0.289. The van der Waals surface area contributed by atoms with Crippen LogP contribution < -0.4 is 10.2 Å². The highest BCUT2D eigenvalue weighted by atomic mass is 16.2. The number of nitrogens with zero attached hydrogens (tertiary/aromatic N) is 3. The van der Waals surface area contributed by atoms with E-state index in [1.54, 1.807) is 21.9 Å². The molecule has 3 atom stereocenters. The fraction of sp³-hybridized carbons (Fsp3) is 0.625. The molecule has 3 heterocycles. The molecule has 3 fully saturated rings. The molecule has 7 heteroatoms. The number of benzene rings is 1. The lowest BCUT2D eigenvalue weighted by Crippen LogP contribution is -2.64. The van der Waals surface area contributed by atoms with Gasteiger partial charge in [-0.05, 0) is 70.7 Å². The van der Waals surface area contributed by atoms with Crippen LogP contribution in [0.2, 0.25) is 0 Å². The molecule has 0 bridgehead atoms. The van der Waals surface area contributed by atoms with Crippen LogP contribution in [0, 0.1) is 0 Å². The lowest BCUT2D eigenvalue weighted by Gasteiger charge is -2.48. The quantitative estimate of drug-likeness (QED) is 0.806. The highest BCUT2D eigenvalue weighted by molar-refractivity contribution is 6.11. The molecular formula is C24H32N4O3. The number of carbonyl (C=O) groups is 3. The van der Waals surface area contributed by atoms with Gasteiger partial charge in [0.25, 0.3) is 5.91 Å². The minimum Gasteiger partial charge on any atom is -0.352 e. The van der Waals surface area contributed by atoms with Gasteiger partial charge in [0.05, 0.1) is 11.3 Å². The Morgan fingerprint density at radius 1 is 1.13 bits per heavy atom. The molecule has 0 aromatic heterocycles. The molecule has 1 aliphatic carbocycles. The Morgan fingerprint density at radius 3 is 2.71 bits per heavy atom. The third-order valence-electron chi connectivity index (χ3n) is 7.72.